The van der Waals surface area contributed by atoms with Crippen LogP contribution in [0.15, 0.2) is 41.1 Å². The highest BCUT2D eigenvalue weighted by Crippen LogP contribution is 2.19. The van der Waals surface area contributed by atoms with Crippen molar-refractivity contribution in [3.8, 4) is 0 Å². The normalized spacial score (nSPS) is 11.0. The Bertz CT molecular complexity index is 615. The number of aromatic amines is 1. The van der Waals surface area contributed by atoms with E-state index in [1.54, 1.807) is 11.3 Å². The van der Waals surface area contributed by atoms with Gasteiger partial charge in [0.25, 0.3) is 0 Å². The number of nitrogens with one attached hydrogen (secondary N) is 1. The molecule has 3 aromatic rings. The summed E-state index contributed by atoms with van der Waals surface area (Å²) in [7, 11) is 0. The van der Waals surface area contributed by atoms with Crippen LogP contribution < -0.4 is 4.90 Å². The van der Waals surface area contributed by atoms with Crippen molar-refractivity contribution in [1.82, 2.24) is 9.97 Å². The summed E-state index contributed by atoms with van der Waals surface area (Å²) in [6.45, 7) is 1.43. The molecule has 0 amide bonds. The molecule has 0 aliphatic rings. The first kappa shape index (κ1) is 12.2. The van der Waals surface area contributed by atoms with Crippen molar-refractivity contribution < 1.29 is 5.11 Å². The highest BCUT2D eigenvalue weighted by Gasteiger charge is 2.11. The summed E-state index contributed by atoms with van der Waals surface area (Å²) >= 11 is 1.68. The van der Waals surface area contributed by atoms with Gasteiger partial charge in [-0.3, -0.25) is 0 Å². The van der Waals surface area contributed by atoms with Crippen molar-refractivity contribution >= 4 is 28.3 Å². The number of aromatic nitrogens is 2. The molecule has 2 N–H and O–H groups in total. The van der Waals surface area contributed by atoms with Crippen LogP contribution in [0.4, 0.5) is 5.95 Å². The average Bonchev–Trinajstić information content (AvgIpc) is 3.06. The highest BCUT2D eigenvalue weighted by molar-refractivity contribution is 7.07. The minimum Gasteiger partial charge on any atom is -0.395 e. The molecule has 0 unspecified atom stereocenters. The number of thiophene rings is 1. The summed E-state index contributed by atoms with van der Waals surface area (Å²) in [5, 5.41) is 13.4. The van der Waals surface area contributed by atoms with Gasteiger partial charge in [0.05, 0.1) is 17.6 Å². The number of aliphatic hydroxyl groups is 1. The maximum Gasteiger partial charge on any atom is 0.204 e. The maximum absolute atomic E-state index is 9.22. The monoisotopic (exact) mass is 273 g/mol. The Balaban J connectivity index is 1.90. The molecule has 2 aromatic heterocycles. The molecule has 4 nitrogen and oxygen atoms in total. The topological polar surface area (TPSA) is 52.1 Å². The third kappa shape index (κ3) is 2.62. The molecule has 0 spiro atoms. The number of para-hydroxylation sites is 2. The summed E-state index contributed by atoms with van der Waals surface area (Å²) in [4.78, 5) is 9.93. The lowest BCUT2D eigenvalue weighted by atomic mass is 10.3. The Kier molecular flexibility index (Phi) is 3.48. The van der Waals surface area contributed by atoms with Gasteiger partial charge < -0.3 is 15.0 Å². The van der Waals surface area contributed by atoms with E-state index < -0.39 is 0 Å². The van der Waals surface area contributed by atoms with Crippen LogP contribution in [-0.2, 0) is 6.54 Å². The number of aliphatic hydroxyl groups excluding tert-OH is 1. The first-order chi connectivity index (χ1) is 9.36. The Hall–Kier alpha value is -1.85. The molecule has 3 rings (SSSR count). The number of rotatable bonds is 5. The number of fused-ring (bicyclic) bond motifs is 1. The third-order valence-corrected chi connectivity index (χ3v) is 3.73. The Morgan fingerprint density at radius 2 is 2.16 bits per heavy atom. The largest absolute Gasteiger partial charge is 0.395 e. The van der Waals surface area contributed by atoms with Crippen LogP contribution in [0.2, 0.25) is 0 Å². The first-order valence-electron chi connectivity index (χ1n) is 6.18. The molecule has 0 fully saturated rings. The maximum atomic E-state index is 9.22. The van der Waals surface area contributed by atoms with Gasteiger partial charge in [0, 0.05) is 13.1 Å². The van der Waals surface area contributed by atoms with E-state index in [0.29, 0.717) is 6.54 Å². The van der Waals surface area contributed by atoms with Crippen LogP contribution in [0.3, 0.4) is 0 Å². The van der Waals surface area contributed by atoms with E-state index in [0.717, 1.165) is 23.5 Å². The molecule has 0 atom stereocenters. The van der Waals surface area contributed by atoms with Crippen LogP contribution in [0.5, 0.6) is 0 Å². The van der Waals surface area contributed by atoms with E-state index >= 15 is 0 Å². The fourth-order valence-corrected chi connectivity index (χ4v) is 2.73. The van der Waals surface area contributed by atoms with Crippen LogP contribution >= 0.6 is 11.3 Å². The predicted molar refractivity (Wildman–Crippen MR) is 78.5 cm³/mol. The number of imidazole rings is 1. The van der Waals surface area contributed by atoms with Crippen LogP contribution in [0.1, 0.15) is 5.56 Å². The number of nitrogens with zero attached hydrogens (tertiary/aromatic N) is 2. The van der Waals surface area contributed by atoms with Crippen LogP contribution in [-0.4, -0.2) is 28.2 Å². The minimum absolute atomic E-state index is 0.112. The molecule has 5 heteroatoms. The van der Waals surface area contributed by atoms with Gasteiger partial charge in [-0.15, -0.1) is 0 Å². The molecule has 98 valence electrons. The standard InChI is InChI=1S/C14H15N3OS/c18-7-6-17(9-11-5-8-19-10-11)14-15-12-3-1-2-4-13(12)16-14/h1-5,8,10,18H,6-7,9H2,(H,15,16). The SMILES string of the molecule is OCCN(Cc1ccsc1)c1nc2ccccc2[nH]1. The second kappa shape index (κ2) is 5.42. The van der Waals surface area contributed by atoms with E-state index in [9.17, 15) is 5.11 Å². The molecule has 0 aliphatic carbocycles. The summed E-state index contributed by atoms with van der Waals surface area (Å²) in [5.74, 6) is 0.807. The van der Waals surface area contributed by atoms with Crippen molar-refractivity contribution in [2.45, 2.75) is 6.54 Å². The van der Waals surface area contributed by atoms with Crippen LogP contribution in [0.25, 0.3) is 11.0 Å². The van der Waals surface area contributed by atoms with E-state index in [1.165, 1.54) is 5.56 Å². The van der Waals surface area contributed by atoms with E-state index in [-0.39, 0.29) is 6.61 Å². The quantitative estimate of drug-likeness (QED) is 0.751. The number of hydrogen-bond donors (Lipinski definition) is 2. The van der Waals surface area contributed by atoms with Crippen molar-refractivity contribution in [2.75, 3.05) is 18.1 Å². The summed E-state index contributed by atoms with van der Waals surface area (Å²) in [6, 6.07) is 10.0. The fraction of sp³-hybridized carbons (Fsp3) is 0.214. The Morgan fingerprint density at radius 1 is 1.26 bits per heavy atom. The number of anilines is 1. The second-order valence-electron chi connectivity index (χ2n) is 4.35. The molecule has 0 saturated carbocycles. The van der Waals surface area contributed by atoms with Crippen molar-refractivity contribution in [2.24, 2.45) is 0 Å². The van der Waals surface area contributed by atoms with Gasteiger partial charge in [0.2, 0.25) is 5.95 Å². The van der Waals surface area contributed by atoms with Crippen molar-refractivity contribution in [3.05, 3.63) is 46.7 Å². The van der Waals surface area contributed by atoms with Gasteiger partial charge in [-0.2, -0.15) is 11.3 Å². The molecule has 19 heavy (non-hydrogen) atoms. The zero-order valence-electron chi connectivity index (χ0n) is 10.4. The van der Waals surface area contributed by atoms with Gasteiger partial charge >= 0.3 is 0 Å². The molecule has 0 saturated heterocycles. The minimum atomic E-state index is 0.112. The summed E-state index contributed by atoms with van der Waals surface area (Å²) < 4.78 is 0. The lowest BCUT2D eigenvalue weighted by Crippen LogP contribution is -2.26. The third-order valence-electron chi connectivity index (χ3n) is 3.00. The summed E-state index contributed by atoms with van der Waals surface area (Å²) in [6.07, 6.45) is 0. The number of hydrogen-bond acceptors (Lipinski definition) is 4. The zero-order chi connectivity index (χ0) is 13.1. The molecule has 0 bridgehead atoms. The molecule has 0 aliphatic heterocycles. The average molecular weight is 273 g/mol. The lowest BCUT2D eigenvalue weighted by Gasteiger charge is -2.20. The fourth-order valence-electron chi connectivity index (χ4n) is 2.07. The highest BCUT2D eigenvalue weighted by atomic mass is 32.1. The van der Waals surface area contributed by atoms with Crippen LogP contribution in [0, 0.1) is 0 Å². The number of benzene rings is 1. The molecular formula is C14H15N3OS. The zero-order valence-corrected chi connectivity index (χ0v) is 11.2. The second-order valence-corrected chi connectivity index (χ2v) is 5.13. The van der Waals surface area contributed by atoms with Gasteiger partial charge in [0.1, 0.15) is 0 Å². The van der Waals surface area contributed by atoms with E-state index in [4.69, 9.17) is 0 Å². The summed E-state index contributed by atoms with van der Waals surface area (Å²) in [5.41, 5.74) is 3.20. The molecule has 1 aromatic carbocycles. The number of H-pyrrole nitrogens is 1. The molecular weight excluding hydrogens is 258 g/mol. The smallest absolute Gasteiger partial charge is 0.204 e. The first-order valence-corrected chi connectivity index (χ1v) is 7.13. The Labute approximate surface area is 115 Å². The van der Waals surface area contributed by atoms with E-state index in [2.05, 4.69) is 31.7 Å². The predicted octanol–water partition coefficient (Wildman–Crippen LogP) is 2.62. The van der Waals surface area contributed by atoms with Gasteiger partial charge in [-0.05, 0) is 34.5 Å². The molecule has 0 radical (unpaired) electrons. The lowest BCUT2D eigenvalue weighted by molar-refractivity contribution is 0.301. The van der Waals surface area contributed by atoms with E-state index in [1.807, 2.05) is 24.3 Å². The van der Waals surface area contributed by atoms with Gasteiger partial charge in [0.15, 0.2) is 0 Å². The molecule has 2 heterocycles. The Morgan fingerprint density at radius 3 is 2.89 bits per heavy atom. The van der Waals surface area contributed by atoms with Gasteiger partial charge in [-0.1, -0.05) is 12.1 Å². The van der Waals surface area contributed by atoms with Crippen molar-refractivity contribution in [3.63, 3.8) is 0 Å². The van der Waals surface area contributed by atoms with Gasteiger partial charge in [-0.25, -0.2) is 4.98 Å². The van der Waals surface area contributed by atoms with Crippen molar-refractivity contribution in [1.29, 1.82) is 0 Å².